The van der Waals surface area contributed by atoms with Crippen LogP contribution >= 0.6 is 0 Å². The number of nitrogens with one attached hydrogen (secondary N) is 2. The third-order valence-corrected chi connectivity index (χ3v) is 7.17. The Kier molecular flexibility index (Phi) is 7.40. The number of sulfonamides is 1. The van der Waals surface area contributed by atoms with Gasteiger partial charge in [-0.25, -0.2) is 12.8 Å². The van der Waals surface area contributed by atoms with E-state index in [9.17, 15) is 22.4 Å². The predicted molar refractivity (Wildman–Crippen MR) is 114 cm³/mol. The standard InChI is InChI=1S/C22H26FN3O4S/c1-16(27)24-21(15-17-7-5-6-10-20(17)23)22(28)25-18-11-13-26(14-12-18)31(29,30)19-8-3-2-4-9-19/h2-10,18,21H,11-15H2,1H3,(H,24,27)(H,25,28)/t21-/m0/s1. The van der Waals surface area contributed by atoms with Gasteiger partial charge in [0, 0.05) is 32.5 Å². The number of carbonyl (C=O) groups is 2. The number of amides is 2. The van der Waals surface area contributed by atoms with Crippen molar-refractivity contribution in [2.24, 2.45) is 0 Å². The zero-order valence-corrected chi connectivity index (χ0v) is 18.1. The fraction of sp³-hybridized carbons (Fsp3) is 0.364. The first-order chi connectivity index (χ1) is 14.8. The summed E-state index contributed by atoms with van der Waals surface area (Å²) in [5, 5.41) is 5.45. The van der Waals surface area contributed by atoms with E-state index in [-0.39, 0.29) is 36.4 Å². The molecule has 2 aromatic carbocycles. The molecule has 0 saturated carbocycles. The van der Waals surface area contributed by atoms with Crippen molar-refractivity contribution in [3.05, 3.63) is 66.0 Å². The molecule has 0 bridgehead atoms. The van der Waals surface area contributed by atoms with Gasteiger partial charge in [0.1, 0.15) is 11.9 Å². The van der Waals surface area contributed by atoms with Crippen LogP contribution in [0.1, 0.15) is 25.3 Å². The lowest BCUT2D eigenvalue weighted by Crippen LogP contribution is -2.53. The Hall–Kier alpha value is -2.78. The molecule has 1 saturated heterocycles. The maximum Gasteiger partial charge on any atom is 0.243 e. The lowest BCUT2D eigenvalue weighted by atomic mass is 10.0. The summed E-state index contributed by atoms with van der Waals surface area (Å²) in [6.45, 7) is 1.86. The molecule has 0 spiro atoms. The number of halogens is 1. The molecule has 1 fully saturated rings. The molecular formula is C22H26FN3O4S. The number of hydrogen-bond acceptors (Lipinski definition) is 4. The van der Waals surface area contributed by atoms with Crippen LogP contribution in [-0.2, 0) is 26.0 Å². The van der Waals surface area contributed by atoms with Gasteiger partial charge in [0.2, 0.25) is 21.8 Å². The Balaban J connectivity index is 1.60. The Bertz CT molecular complexity index is 1020. The van der Waals surface area contributed by atoms with Crippen LogP contribution in [-0.4, -0.2) is 49.7 Å². The average molecular weight is 448 g/mol. The minimum atomic E-state index is -3.57. The van der Waals surface area contributed by atoms with E-state index in [0.717, 1.165) is 0 Å². The van der Waals surface area contributed by atoms with Crippen LogP contribution in [0.5, 0.6) is 0 Å². The molecule has 9 heteroatoms. The first-order valence-corrected chi connectivity index (χ1v) is 11.6. The van der Waals surface area contributed by atoms with E-state index in [0.29, 0.717) is 18.4 Å². The van der Waals surface area contributed by atoms with Crippen LogP contribution in [0.3, 0.4) is 0 Å². The highest BCUT2D eigenvalue weighted by molar-refractivity contribution is 7.89. The largest absolute Gasteiger partial charge is 0.351 e. The van der Waals surface area contributed by atoms with Gasteiger partial charge in [-0.05, 0) is 36.6 Å². The number of rotatable bonds is 7. The number of piperidine rings is 1. The molecule has 3 rings (SSSR count). The highest BCUT2D eigenvalue weighted by atomic mass is 32.2. The molecule has 1 aliphatic rings. The topological polar surface area (TPSA) is 95.6 Å². The summed E-state index contributed by atoms with van der Waals surface area (Å²) < 4.78 is 40.9. The molecule has 0 radical (unpaired) electrons. The third-order valence-electron chi connectivity index (χ3n) is 5.26. The van der Waals surface area contributed by atoms with E-state index in [1.54, 1.807) is 48.5 Å². The van der Waals surface area contributed by atoms with E-state index in [4.69, 9.17) is 0 Å². The molecule has 2 aromatic rings. The first kappa shape index (κ1) is 22.9. The van der Waals surface area contributed by atoms with E-state index in [2.05, 4.69) is 10.6 Å². The number of hydrogen-bond donors (Lipinski definition) is 2. The second-order valence-electron chi connectivity index (χ2n) is 7.55. The molecule has 2 amide bonds. The van der Waals surface area contributed by atoms with Gasteiger partial charge in [0.25, 0.3) is 0 Å². The molecule has 7 nitrogen and oxygen atoms in total. The smallest absolute Gasteiger partial charge is 0.243 e. The minimum absolute atomic E-state index is 0.0271. The summed E-state index contributed by atoms with van der Waals surface area (Å²) in [5.41, 5.74) is 0.333. The van der Waals surface area contributed by atoms with Crippen molar-refractivity contribution in [3.8, 4) is 0 Å². The van der Waals surface area contributed by atoms with Crippen molar-refractivity contribution >= 4 is 21.8 Å². The number of carbonyl (C=O) groups excluding carboxylic acids is 2. The molecule has 0 aromatic heterocycles. The summed E-state index contributed by atoms with van der Waals surface area (Å²) in [4.78, 5) is 24.6. The van der Waals surface area contributed by atoms with Crippen molar-refractivity contribution < 1.29 is 22.4 Å². The maximum atomic E-state index is 14.0. The fourth-order valence-corrected chi connectivity index (χ4v) is 5.11. The number of nitrogens with zero attached hydrogens (tertiary/aromatic N) is 1. The lowest BCUT2D eigenvalue weighted by Gasteiger charge is -2.32. The lowest BCUT2D eigenvalue weighted by molar-refractivity contribution is -0.128. The van der Waals surface area contributed by atoms with Crippen molar-refractivity contribution in [2.75, 3.05) is 13.1 Å². The van der Waals surface area contributed by atoms with Gasteiger partial charge in [0.05, 0.1) is 4.90 Å². The van der Waals surface area contributed by atoms with Crippen molar-refractivity contribution in [1.29, 1.82) is 0 Å². The van der Waals surface area contributed by atoms with E-state index in [1.807, 2.05) is 0 Å². The molecule has 0 aliphatic carbocycles. The average Bonchev–Trinajstić information content (AvgIpc) is 2.75. The molecule has 0 unspecified atom stereocenters. The predicted octanol–water partition coefficient (Wildman–Crippen LogP) is 1.84. The van der Waals surface area contributed by atoms with Crippen molar-refractivity contribution in [2.45, 2.75) is 43.2 Å². The van der Waals surface area contributed by atoms with Crippen LogP contribution in [0.4, 0.5) is 4.39 Å². The van der Waals surface area contributed by atoms with E-state index < -0.39 is 27.8 Å². The number of benzene rings is 2. The maximum absolute atomic E-state index is 14.0. The molecule has 2 N–H and O–H groups in total. The summed E-state index contributed by atoms with van der Waals surface area (Å²) in [7, 11) is -3.57. The van der Waals surface area contributed by atoms with Crippen LogP contribution < -0.4 is 10.6 Å². The van der Waals surface area contributed by atoms with Crippen LogP contribution in [0.25, 0.3) is 0 Å². The van der Waals surface area contributed by atoms with Gasteiger partial charge < -0.3 is 10.6 Å². The highest BCUT2D eigenvalue weighted by Crippen LogP contribution is 2.20. The van der Waals surface area contributed by atoms with Gasteiger partial charge in [-0.3, -0.25) is 9.59 Å². The van der Waals surface area contributed by atoms with Gasteiger partial charge in [0.15, 0.2) is 0 Å². The summed E-state index contributed by atoms with van der Waals surface area (Å²) >= 11 is 0. The monoisotopic (exact) mass is 447 g/mol. The molecule has 166 valence electrons. The quantitative estimate of drug-likeness (QED) is 0.677. The Morgan fingerprint density at radius 2 is 1.68 bits per heavy atom. The van der Waals surface area contributed by atoms with Gasteiger partial charge >= 0.3 is 0 Å². The van der Waals surface area contributed by atoms with Crippen LogP contribution in [0.2, 0.25) is 0 Å². The Labute approximate surface area is 181 Å². The SMILES string of the molecule is CC(=O)N[C@@H](Cc1ccccc1F)C(=O)NC1CCN(S(=O)(=O)c2ccccc2)CC1. The van der Waals surface area contributed by atoms with Crippen LogP contribution in [0.15, 0.2) is 59.5 Å². The zero-order valence-electron chi connectivity index (χ0n) is 17.3. The molecular weight excluding hydrogens is 421 g/mol. The van der Waals surface area contributed by atoms with Gasteiger partial charge in [-0.1, -0.05) is 36.4 Å². The summed E-state index contributed by atoms with van der Waals surface area (Å²) in [5.74, 6) is -1.24. The van der Waals surface area contributed by atoms with Crippen molar-refractivity contribution in [3.63, 3.8) is 0 Å². The normalized spacial score (nSPS) is 16.5. The minimum Gasteiger partial charge on any atom is -0.351 e. The van der Waals surface area contributed by atoms with Gasteiger partial charge in [-0.2, -0.15) is 4.31 Å². The second kappa shape index (κ2) is 10.0. The fourth-order valence-electron chi connectivity index (χ4n) is 3.62. The Morgan fingerprint density at radius 1 is 1.06 bits per heavy atom. The second-order valence-corrected chi connectivity index (χ2v) is 9.49. The van der Waals surface area contributed by atoms with Gasteiger partial charge in [-0.15, -0.1) is 0 Å². The zero-order chi connectivity index (χ0) is 22.4. The van der Waals surface area contributed by atoms with Crippen LogP contribution in [0, 0.1) is 5.82 Å². The summed E-state index contributed by atoms with van der Waals surface area (Å²) in [6, 6.07) is 13.2. The molecule has 1 aliphatic heterocycles. The molecule has 31 heavy (non-hydrogen) atoms. The highest BCUT2D eigenvalue weighted by Gasteiger charge is 2.31. The Morgan fingerprint density at radius 3 is 2.29 bits per heavy atom. The van der Waals surface area contributed by atoms with Crippen molar-refractivity contribution in [1.82, 2.24) is 14.9 Å². The first-order valence-electron chi connectivity index (χ1n) is 10.1. The van der Waals surface area contributed by atoms with E-state index in [1.165, 1.54) is 17.3 Å². The third kappa shape index (κ3) is 5.89. The molecule has 1 atom stereocenters. The molecule has 1 heterocycles. The van der Waals surface area contributed by atoms with E-state index >= 15 is 0 Å². The summed E-state index contributed by atoms with van der Waals surface area (Å²) in [6.07, 6.45) is 0.925.